The van der Waals surface area contributed by atoms with Gasteiger partial charge in [0.15, 0.2) is 11.6 Å². The van der Waals surface area contributed by atoms with Crippen LogP contribution in [0.3, 0.4) is 0 Å². The number of halogens is 2. The van der Waals surface area contributed by atoms with Gasteiger partial charge in [-0.3, -0.25) is 4.72 Å². The van der Waals surface area contributed by atoms with Crippen LogP contribution in [0.15, 0.2) is 41.4 Å². The topological polar surface area (TPSA) is 71.5 Å². The average Bonchev–Trinajstić information content (AvgIpc) is 2.64. The number of nitrogens with one attached hydrogen (secondary N) is 1. The third kappa shape index (κ3) is 4.54. The number of pyridine rings is 1. The zero-order valence-electron chi connectivity index (χ0n) is 15.0. The van der Waals surface area contributed by atoms with Crippen molar-refractivity contribution in [2.24, 2.45) is 0 Å². The van der Waals surface area contributed by atoms with E-state index >= 15 is 0 Å². The molecular weight excluding hydrogens is 376 g/mol. The Labute approximate surface area is 157 Å². The first-order valence-corrected chi connectivity index (χ1v) is 10.1. The molecule has 1 aromatic carbocycles. The first-order chi connectivity index (χ1) is 12.8. The van der Waals surface area contributed by atoms with E-state index in [1.54, 1.807) is 6.07 Å². The van der Waals surface area contributed by atoms with E-state index in [1.165, 1.54) is 12.3 Å². The van der Waals surface area contributed by atoms with Gasteiger partial charge in [0, 0.05) is 25.4 Å². The SMILES string of the molecule is CCC1CN(c2ccc(S(=O)(=O)Nc3ccc(F)c(F)c3)cn2)CC(C)O1. The highest BCUT2D eigenvalue weighted by atomic mass is 32.2. The lowest BCUT2D eigenvalue weighted by Crippen LogP contribution is -2.46. The summed E-state index contributed by atoms with van der Waals surface area (Å²) >= 11 is 0. The van der Waals surface area contributed by atoms with Crippen LogP contribution in [0.2, 0.25) is 0 Å². The molecule has 3 rings (SSSR count). The number of nitrogens with zero attached hydrogens (tertiary/aromatic N) is 2. The van der Waals surface area contributed by atoms with E-state index in [4.69, 9.17) is 4.74 Å². The molecule has 9 heteroatoms. The van der Waals surface area contributed by atoms with Gasteiger partial charge in [0.1, 0.15) is 10.7 Å². The molecule has 1 aliphatic rings. The summed E-state index contributed by atoms with van der Waals surface area (Å²) in [6.45, 7) is 5.39. The molecular formula is C18H21F2N3O3S. The third-order valence-corrected chi connectivity index (χ3v) is 5.67. The Hall–Kier alpha value is -2.26. The number of anilines is 2. The van der Waals surface area contributed by atoms with Gasteiger partial charge in [0.05, 0.1) is 17.9 Å². The second kappa shape index (κ2) is 7.77. The molecule has 6 nitrogen and oxygen atoms in total. The Bertz CT molecular complexity index is 907. The highest BCUT2D eigenvalue weighted by Crippen LogP contribution is 2.22. The van der Waals surface area contributed by atoms with Crippen LogP contribution in [0.5, 0.6) is 0 Å². The van der Waals surface area contributed by atoms with Crippen molar-refractivity contribution in [3.05, 3.63) is 48.2 Å². The van der Waals surface area contributed by atoms with Crippen molar-refractivity contribution in [3.8, 4) is 0 Å². The van der Waals surface area contributed by atoms with Crippen molar-refractivity contribution in [2.45, 2.75) is 37.4 Å². The smallest absolute Gasteiger partial charge is 0.263 e. The van der Waals surface area contributed by atoms with E-state index in [9.17, 15) is 17.2 Å². The van der Waals surface area contributed by atoms with Gasteiger partial charge >= 0.3 is 0 Å². The minimum atomic E-state index is -3.96. The quantitative estimate of drug-likeness (QED) is 0.839. The lowest BCUT2D eigenvalue weighted by Gasteiger charge is -2.37. The fourth-order valence-corrected chi connectivity index (χ4v) is 3.94. The van der Waals surface area contributed by atoms with E-state index in [1.807, 2.05) is 13.8 Å². The first kappa shape index (κ1) is 19.5. The first-order valence-electron chi connectivity index (χ1n) is 8.63. The van der Waals surface area contributed by atoms with Crippen molar-refractivity contribution in [1.82, 2.24) is 4.98 Å². The Morgan fingerprint density at radius 3 is 2.63 bits per heavy atom. The molecule has 2 heterocycles. The van der Waals surface area contributed by atoms with E-state index in [-0.39, 0.29) is 22.8 Å². The Balaban J connectivity index is 1.76. The van der Waals surface area contributed by atoms with Crippen LogP contribution >= 0.6 is 0 Å². The summed E-state index contributed by atoms with van der Waals surface area (Å²) in [5, 5.41) is 0. The van der Waals surface area contributed by atoms with Crippen LogP contribution in [0.4, 0.5) is 20.3 Å². The number of hydrogen-bond acceptors (Lipinski definition) is 5. The fraction of sp³-hybridized carbons (Fsp3) is 0.389. The maximum Gasteiger partial charge on any atom is 0.263 e. The van der Waals surface area contributed by atoms with Crippen LogP contribution in [0.1, 0.15) is 20.3 Å². The summed E-state index contributed by atoms with van der Waals surface area (Å²) in [5.41, 5.74) is -0.0641. The molecule has 2 unspecified atom stereocenters. The molecule has 0 radical (unpaired) electrons. The molecule has 146 valence electrons. The van der Waals surface area contributed by atoms with E-state index in [2.05, 4.69) is 14.6 Å². The maximum atomic E-state index is 13.3. The second-order valence-corrected chi connectivity index (χ2v) is 8.15. The molecule has 2 aromatic rings. The molecule has 27 heavy (non-hydrogen) atoms. The van der Waals surface area contributed by atoms with Crippen LogP contribution < -0.4 is 9.62 Å². The Morgan fingerprint density at radius 1 is 1.22 bits per heavy atom. The average molecular weight is 397 g/mol. The molecule has 2 atom stereocenters. The Kier molecular flexibility index (Phi) is 5.61. The minimum Gasteiger partial charge on any atom is -0.372 e. The lowest BCUT2D eigenvalue weighted by atomic mass is 10.2. The second-order valence-electron chi connectivity index (χ2n) is 6.47. The van der Waals surface area contributed by atoms with Gasteiger partial charge in [-0.1, -0.05) is 6.92 Å². The van der Waals surface area contributed by atoms with Gasteiger partial charge < -0.3 is 9.64 Å². The van der Waals surface area contributed by atoms with Gasteiger partial charge in [-0.15, -0.1) is 0 Å². The highest BCUT2D eigenvalue weighted by molar-refractivity contribution is 7.92. The van der Waals surface area contributed by atoms with E-state index in [0.29, 0.717) is 18.9 Å². The molecule has 0 spiro atoms. The minimum absolute atomic E-state index is 0.0592. The monoisotopic (exact) mass is 397 g/mol. The van der Waals surface area contributed by atoms with Crippen molar-refractivity contribution in [2.75, 3.05) is 22.7 Å². The summed E-state index contributed by atoms with van der Waals surface area (Å²) in [6, 6.07) is 5.86. The van der Waals surface area contributed by atoms with E-state index < -0.39 is 21.7 Å². The molecule has 0 saturated carbocycles. The molecule has 0 bridgehead atoms. The van der Waals surface area contributed by atoms with Crippen molar-refractivity contribution >= 4 is 21.5 Å². The standard InChI is InChI=1S/C18H21F2N3O3S/c1-3-14-11-23(10-12(2)26-14)18-7-5-15(9-21-18)27(24,25)22-13-4-6-16(19)17(20)8-13/h4-9,12,14,22H,3,10-11H2,1-2H3. The maximum absolute atomic E-state index is 13.3. The number of morpholine rings is 1. The van der Waals surface area contributed by atoms with Gasteiger partial charge in [0.2, 0.25) is 0 Å². The van der Waals surface area contributed by atoms with Crippen LogP contribution in [-0.2, 0) is 14.8 Å². The number of hydrogen-bond donors (Lipinski definition) is 1. The molecule has 1 aromatic heterocycles. The molecule has 1 N–H and O–H groups in total. The van der Waals surface area contributed by atoms with Crippen LogP contribution in [0.25, 0.3) is 0 Å². The lowest BCUT2D eigenvalue weighted by molar-refractivity contribution is -0.0174. The zero-order valence-corrected chi connectivity index (χ0v) is 15.8. The largest absolute Gasteiger partial charge is 0.372 e. The van der Waals surface area contributed by atoms with Gasteiger partial charge in [-0.25, -0.2) is 22.2 Å². The predicted octanol–water partition coefficient (Wildman–Crippen LogP) is 3.16. The van der Waals surface area contributed by atoms with Gasteiger partial charge in [-0.05, 0) is 37.6 Å². The fourth-order valence-electron chi connectivity index (χ4n) is 2.95. The summed E-state index contributed by atoms with van der Waals surface area (Å²) in [7, 11) is -3.96. The number of ether oxygens (including phenoxy) is 1. The highest BCUT2D eigenvalue weighted by Gasteiger charge is 2.25. The number of benzene rings is 1. The number of aromatic nitrogens is 1. The van der Waals surface area contributed by atoms with Crippen LogP contribution in [-0.4, -0.2) is 38.7 Å². The summed E-state index contributed by atoms with van der Waals surface area (Å²) < 4.78 is 59.2. The molecule has 1 fully saturated rings. The molecule has 1 aliphatic heterocycles. The van der Waals surface area contributed by atoms with Crippen molar-refractivity contribution < 1.29 is 21.9 Å². The number of rotatable bonds is 5. The Morgan fingerprint density at radius 2 is 2.00 bits per heavy atom. The van der Waals surface area contributed by atoms with Gasteiger partial charge in [0.25, 0.3) is 10.0 Å². The molecule has 0 aliphatic carbocycles. The van der Waals surface area contributed by atoms with Crippen LogP contribution in [0, 0.1) is 11.6 Å². The summed E-state index contributed by atoms with van der Waals surface area (Å²) in [5.74, 6) is -1.51. The molecule has 1 saturated heterocycles. The predicted molar refractivity (Wildman–Crippen MR) is 98.2 cm³/mol. The summed E-state index contributed by atoms with van der Waals surface area (Å²) in [4.78, 5) is 6.25. The normalized spacial score (nSPS) is 20.5. The van der Waals surface area contributed by atoms with E-state index in [0.717, 1.165) is 24.6 Å². The van der Waals surface area contributed by atoms with Crippen molar-refractivity contribution in [3.63, 3.8) is 0 Å². The summed E-state index contributed by atoms with van der Waals surface area (Å²) in [6.07, 6.45) is 2.29. The third-order valence-electron chi connectivity index (χ3n) is 4.31. The van der Waals surface area contributed by atoms with Crippen molar-refractivity contribution in [1.29, 1.82) is 0 Å². The number of sulfonamides is 1. The van der Waals surface area contributed by atoms with Gasteiger partial charge in [-0.2, -0.15) is 0 Å². The zero-order chi connectivity index (χ0) is 19.6. The molecule has 0 amide bonds.